The first kappa shape index (κ1) is 17.7. The summed E-state index contributed by atoms with van der Waals surface area (Å²) in [4.78, 5) is 34.7. The topological polar surface area (TPSA) is 78.9 Å². The van der Waals surface area contributed by atoms with E-state index in [2.05, 4.69) is 0 Å². The summed E-state index contributed by atoms with van der Waals surface area (Å²) in [5.41, 5.74) is 1.43. The molecule has 6 heteroatoms. The third-order valence-electron chi connectivity index (χ3n) is 3.96. The molecule has 26 heavy (non-hydrogen) atoms. The largest absolute Gasteiger partial charge is 0.492 e. The van der Waals surface area contributed by atoms with Gasteiger partial charge in [0.05, 0.1) is 18.1 Å². The average molecular weight is 354 g/mol. The first-order chi connectivity index (χ1) is 12.4. The van der Waals surface area contributed by atoms with Crippen molar-refractivity contribution < 1.29 is 28.6 Å². The summed E-state index contributed by atoms with van der Waals surface area (Å²) in [6, 6.07) is 11.8. The number of esters is 2. The average Bonchev–Trinajstić information content (AvgIpc) is 2.58. The Labute approximate surface area is 150 Å². The summed E-state index contributed by atoms with van der Waals surface area (Å²) in [5.74, 6) is 0.126. The predicted octanol–water partition coefficient (Wildman–Crippen LogP) is 2.97. The number of hydrogen-bond donors (Lipinski definition) is 0. The van der Waals surface area contributed by atoms with Gasteiger partial charge in [-0.3, -0.25) is 14.4 Å². The number of benzene rings is 2. The highest BCUT2D eigenvalue weighted by Crippen LogP contribution is 2.32. The zero-order valence-electron chi connectivity index (χ0n) is 14.5. The number of ether oxygens (including phenoxy) is 3. The fourth-order valence-corrected chi connectivity index (χ4v) is 2.84. The summed E-state index contributed by atoms with van der Waals surface area (Å²) >= 11 is 0. The summed E-state index contributed by atoms with van der Waals surface area (Å²) < 4.78 is 15.7. The van der Waals surface area contributed by atoms with Gasteiger partial charge in [0.1, 0.15) is 17.2 Å². The smallest absolute Gasteiger partial charge is 0.308 e. The van der Waals surface area contributed by atoms with Crippen molar-refractivity contribution in [1.29, 1.82) is 0 Å². The van der Waals surface area contributed by atoms with Crippen molar-refractivity contribution in [3.05, 3.63) is 53.6 Å². The maximum Gasteiger partial charge on any atom is 0.308 e. The minimum Gasteiger partial charge on any atom is -0.492 e. The fourth-order valence-electron chi connectivity index (χ4n) is 2.84. The van der Waals surface area contributed by atoms with Crippen LogP contribution >= 0.6 is 0 Å². The summed E-state index contributed by atoms with van der Waals surface area (Å²) in [5, 5.41) is 0. The van der Waals surface area contributed by atoms with Crippen molar-refractivity contribution in [2.75, 3.05) is 6.61 Å². The number of rotatable bonds is 4. The van der Waals surface area contributed by atoms with Crippen molar-refractivity contribution in [3.8, 4) is 17.2 Å². The molecule has 134 valence electrons. The van der Waals surface area contributed by atoms with Gasteiger partial charge in [-0.1, -0.05) is 12.1 Å². The van der Waals surface area contributed by atoms with Gasteiger partial charge in [-0.05, 0) is 36.2 Å². The Bertz CT molecular complexity index is 853. The van der Waals surface area contributed by atoms with E-state index in [9.17, 15) is 14.4 Å². The van der Waals surface area contributed by atoms with E-state index in [1.807, 2.05) is 12.1 Å². The minimum absolute atomic E-state index is 0.00955. The van der Waals surface area contributed by atoms with Crippen molar-refractivity contribution in [3.63, 3.8) is 0 Å². The first-order valence-corrected chi connectivity index (χ1v) is 8.19. The number of ketones is 1. The van der Waals surface area contributed by atoms with Crippen LogP contribution in [0.1, 0.15) is 29.8 Å². The molecule has 0 unspecified atom stereocenters. The van der Waals surface area contributed by atoms with Crippen LogP contribution in [0.4, 0.5) is 0 Å². The Morgan fingerprint density at radius 1 is 1.00 bits per heavy atom. The molecular formula is C20H18O6. The lowest BCUT2D eigenvalue weighted by atomic mass is 9.89. The molecule has 0 saturated carbocycles. The number of Topliss-reactive ketones (excluding diaryl/α,β-unsaturated/α-hetero) is 1. The third-order valence-corrected chi connectivity index (χ3v) is 3.96. The highest BCUT2D eigenvalue weighted by atomic mass is 16.5. The molecule has 1 aliphatic heterocycles. The molecule has 0 spiro atoms. The molecule has 2 aromatic rings. The van der Waals surface area contributed by atoms with Crippen LogP contribution in [0.25, 0.3) is 0 Å². The predicted molar refractivity (Wildman–Crippen MR) is 92.5 cm³/mol. The Hall–Kier alpha value is -3.15. The lowest BCUT2D eigenvalue weighted by Crippen LogP contribution is -2.29. The summed E-state index contributed by atoms with van der Waals surface area (Å²) in [7, 11) is 0. The molecule has 0 radical (unpaired) electrons. The highest BCUT2D eigenvalue weighted by molar-refractivity contribution is 6.01. The molecule has 1 aliphatic rings. The molecule has 0 aliphatic carbocycles. The maximum atomic E-state index is 12.7. The summed E-state index contributed by atoms with van der Waals surface area (Å²) in [6.45, 7) is 2.91. The van der Waals surface area contributed by atoms with Gasteiger partial charge in [0.2, 0.25) is 0 Å². The van der Waals surface area contributed by atoms with Gasteiger partial charge in [-0.2, -0.15) is 0 Å². The van der Waals surface area contributed by atoms with Crippen molar-refractivity contribution in [2.24, 2.45) is 5.92 Å². The zero-order valence-corrected chi connectivity index (χ0v) is 14.5. The molecule has 0 aromatic heterocycles. The highest BCUT2D eigenvalue weighted by Gasteiger charge is 2.29. The number of fused-ring (bicyclic) bond motifs is 1. The van der Waals surface area contributed by atoms with Crippen LogP contribution in [0.15, 0.2) is 42.5 Å². The van der Waals surface area contributed by atoms with Gasteiger partial charge in [0, 0.05) is 19.9 Å². The molecule has 0 amide bonds. The molecule has 6 nitrogen and oxygen atoms in total. The van der Waals surface area contributed by atoms with Crippen LogP contribution in [0, 0.1) is 5.92 Å². The molecule has 1 heterocycles. The van der Waals surface area contributed by atoms with Gasteiger partial charge in [0.25, 0.3) is 0 Å². The van der Waals surface area contributed by atoms with E-state index in [1.54, 1.807) is 30.3 Å². The van der Waals surface area contributed by atoms with E-state index in [4.69, 9.17) is 14.2 Å². The Morgan fingerprint density at radius 3 is 2.27 bits per heavy atom. The molecule has 0 N–H and O–H groups in total. The van der Waals surface area contributed by atoms with E-state index >= 15 is 0 Å². The SMILES string of the molecule is CC(=O)Oc1ccc(C[C@@H]2COc3cc(OC(C)=O)ccc3C2=O)cc1. The maximum absolute atomic E-state index is 12.7. The number of carbonyl (C=O) groups excluding carboxylic acids is 3. The second kappa shape index (κ2) is 7.39. The molecule has 0 saturated heterocycles. The van der Waals surface area contributed by atoms with E-state index in [0.717, 1.165) is 5.56 Å². The lowest BCUT2D eigenvalue weighted by Gasteiger charge is -2.24. The van der Waals surface area contributed by atoms with E-state index in [1.165, 1.54) is 13.8 Å². The second-order valence-corrected chi connectivity index (χ2v) is 6.07. The molecule has 0 fully saturated rings. The van der Waals surface area contributed by atoms with Crippen LogP contribution in [-0.2, 0) is 16.0 Å². The molecule has 1 atom stereocenters. The fraction of sp³-hybridized carbons (Fsp3) is 0.250. The number of hydrogen-bond acceptors (Lipinski definition) is 6. The van der Waals surface area contributed by atoms with E-state index in [0.29, 0.717) is 29.2 Å². The molecule has 0 bridgehead atoms. The van der Waals surface area contributed by atoms with Gasteiger partial charge < -0.3 is 14.2 Å². The van der Waals surface area contributed by atoms with Crippen molar-refractivity contribution in [1.82, 2.24) is 0 Å². The summed E-state index contributed by atoms with van der Waals surface area (Å²) in [6.07, 6.45) is 0.518. The molecule has 3 rings (SSSR count). The van der Waals surface area contributed by atoms with Crippen molar-refractivity contribution >= 4 is 17.7 Å². The van der Waals surface area contributed by atoms with Gasteiger partial charge in [-0.25, -0.2) is 0 Å². The van der Waals surface area contributed by atoms with E-state index < -0.39 is 5.97 Å². The normalized spacial score (nSPS) is 15.6. The quantitative estimate of drug-likeness (QED) is 0.620. The first-order valence-electron chi connectivity index (χ1n) is 8.19. The second-order valence-electron chi connectivity index (χ2n) is 6.07. The van der Waals surface area contributed by atoms with Crippen LogP contribution in [0.3, 0.4) is 0 Å². The zero-order chi connectivity index (χ0) is 18.7. The Morgan fingerprint density at radius 2 is 1.62 bits per heavy atom. The van der Waals surface area contributed by atoms with Gasteiger partial charge in [-0.15, -0.1) is 0 Å². The minimum atomic E-state index is -0.429. The van der Waals surface area contributed by atoms with E-state index in [-0.39, 0.29) is 24.3 Å². The standard InChI is InChI=1S/C20H18O6/c1-12(21)25-16-5-3-14(4-6-16)9-15-11-24-19-10-17(26-13(2)22)7-8-18(19)20(15)23/h3-8,10,15H,9,11H2,1-2H3/t15-/m1/s1. The van der Waals surface area contributed by atoms with Crippen molar-refractivity contribution in [2.45, 2.75) is 20.3 Å². The Kier molecular flexibility index (Phi) is 5.02. The lowest BCUT2D eigenvalue weighted by molar-refractivity contribution is -0.132. The van der Waals surface area contributed by atoms with Crippen LogP contribution in [0.5, 0.6) is 17.2 Å². The third kappa shape index (κ3) is 4.08. The van der Waals surface area contributed by atoms with Gasteiger partial charge in [0.15, 0.2) is 5.78 Å². The van der Waals surface area contributed by atoms with Crippen LogP contribution in [-0.4, -0.2) is 24.3 Å². The molecular weight excluding hydrogens is 336 g/mol. The monoisotopic (exact) mass is 354 g/mol. The molecule has 2 aromatic carbocycles. The van der Waals surface area contributed by atoms with Crippen LogP contribution < -0.4 is 14.2 Å². The van der Waals surface area contributed by atoms with Crippen LogP contribution in [0.2, 0.25) is 0 Å². The van der Waals surface area contributed by atoms with Gasteiger partial charge >= 0.3 is 11.9 Å². The number of carbonyl (C=O) groups is 3. The Balaban J connectivity index is 1.71.